The minimum Gasteiger partial charge on any atom is -0.484 e. The molecule has 1 aromatic rings. The van der Waals surface area contributed by atoms with Gasteiger partial charge in [0.05, 0.1) is 13.3 Å². The van der Waals surface area contributed by atoms with E-state index < -0.39 is 0 Å². The van der Waals surface area contributed by atoms with E-state index in [1.54, 1.807) is 0 Å². The van der Waals surface area contributed by atoms with Crippen LogP contribution in [0.2, 0.25) is 0 Å². The zero-order chi connectivity index (χ0) is 12.1. The summed E-state index contributed by atoms with van der Waals surface area (Å²) in [6.07, 6.45) is 5.42. The van der Waals surface area contributed by atoms with E-state index in [1.165, 1.54) is 18.4 Å². The van der Waals surface area contributed by atoms with E-state index in [-0.39, 0.29) is 0 Å². The summed E-state index contributed by atoms with van der Waals surface area (Å²) >= 11 is 0. The van der Waals surface area contributed by atoms with Crippen molar-refractivity contribution < 1.29 is 9.47 Å². The second kappa shape index (κ2) is 5.82. The summed E-state index contributed by atoms with van der Waals surface area (Å²) in [6.45, 7) is 1.66. The zero-order valence-electron chi connectivity index (χ0n) is 10.2. The Kier molecular flexibility index (Phi) is 4.14. The second-order valence-corrected chi connectivity index (χ2v) is 4.32. The van der Waals surface area contributed by atoms with Crippen LogP contribution < -0.4 is 0 Å². The van der Waals surface area contributed by atoms with Crippen molar-refractivity contribution in [2.24, 2.45) is 0 Å². The molecule has 1 aromatic heterocycles. The van der Waals surface area contributed by atoms with Gasteiger partial charge >= 0.3 is 0 Å². The highest BCUT2D eigenvalue weighted by Gasteiger charge is 2.20. The van der Waals surface area contributed by atoms with E-state index in [0.29, 0.717) is 18.2 Å². The molecule has 5 heteroatoms. The first kappa shape index (κ1) is 12.1. The fourth-order valence-electron chi connectivity index (χ4n) is 2.21. The molecule has 0 saturated carbocycles. The van der Waals surface area contributed by atoms with Gasteiger partial charge in [-0.15, -0.1) is 0 Å². The largest absolute Gasteiger partial charge is 0.484 e. The van der Waals surface area contributed by atoms with Crippen LogP contribution in [-0.2, 0) is 15.9 Å². The molecule has 0 aliphatic carbocycles. The number of ether oxygens (including phenoxy) is 2. The molecule has 2 N–H and O–H groups in total. The lowest BCUT2D eigenvalue weighted by molar-refractivity contribution is 0.0843. The van der Waals surface area contributed by atoms with Crippen LogP contribution in [0.15, 0.2) is 6.20 Å². The normalized spacial score (nSPS) is 17.0. The van der Waals surface area contributed by atoms with Gasteiger partial charge in [-0.3, -0.25) is 10.5 Å². The number of aryl methyl sites for hydroxylation is 1. The molecular weight excluding hydrogens is 218 g/mol. The van der Waals surface area contributed by atoms with Gasteiger partial charge in [0.25, 0.3) is 0 Å². The van der Waals surface area contributed by atoms with Gasteiger partial charge in [0.1, 0.15) is 0 Å². The molecule has 0 unspecified atom stereocenters. The fourth-order valence-corrected chi connectivity index (χ4v) is 2.21. The molecule has 0 atom stereocenters. The van der Waals surface area contributed by atoms with E-state index in [0.717, 1.165) is 32.5 Å². The fraction of sp³-hybridized carbons (Fsp3) is 0.667. The summed E-state index contributed by atoms with van der Waals surface area (Å²) in [5, 5.41) is 14.7. The Labute approximate surface area is 101 Å². The number of aromatic nitrogens is 2. The predicted molar refractivity (Wildman–Crippen MR) is 64.4 cm³/mol. The topological polar surface area (TPSA) is 71.0 Å². The third-order valence-electron chi connectivity index (χ3n) is 3.25. The molecule has 1 aliphatic heterocycles. The lowest BCUT2D eigenvalue weighted by Crippen LogP contribution is -2.15. The number of nitrogens with zero attached hydrogens (tertiary/aromatic N) is 1. The lowest BCUT2D eigenvalue weighted by Gasteiger charge is -2.21. The van der Waals surface area contributed by atoms with E-state index in [4.69, 9.17) is 14.9 Å². The van der Waals surface area contributed by atoms with Crippen molar-refractivity contribution >= 4 is 5.90 Å². The summed E-state index contributed by atoms with van der Waals surface area (Å²) in [4.78, 5) is 0. The Balaban J connectivity index is 1.98. The Morgan fingerprint density at radius 3 is 3.06 bits per heavy atom. The van der Waals surface area contributed by atoms with Crippen LogP contribution in [0, 0.1) is 5.41 Å². The van der Waals surface area contributed by atoms with Crippen LogP contribution in [0.3, 0.4) is 0 Å². The first-order valence-electron chi connectivity index (χ1n) is 6.02. The molecular formula is C12H19N3O2. The molecule has 2 heterocycles. The van der Waals surface area contributed by atoms with Crippen LogP contribution in [0.4, 0.5) is 0 Å². The first-order chi connectivity index (χ1) is 8.31. The number of hydrogen-bond donors (Lipinski definition) is 2. The predicted octanol–water partition coefficient (Wildman–Crippen LogP) is 1.86. The molecule has 5 nitrogen and oxygen atoms in total. The van der Waals surface area contributed by atoms with Gasteiger partial charge < -0.3 is 9.47 Å². The number of H-pyrrole nitrogens is 1. The molecule has 1 saturated heterocycles. The molecule has 1 fully saturated rings. The lowest BCUT2D eigenvalue weighted by atomic mass is 9.93. The van der Waals surface area contributed by atoms with Crippen molar-refractivity contribution in [3.63, 3.8) is 0 Å². The highest BCUT2D eigenvalue weighted by atomic mass is 16.5. The van der Waals surface area contributed by atoms with Gasteiger partial charge in [-0.1, -0.05) is 0 Å². The number of aromatic amines is 1. The van der Waals surface area contributed by atoms with Crippen molar-refractivity contribution in [1.82, 2.24) is 10.2 Å². The number of nitrogens with one attached hydrogen (secondary N) is 2. The highest BCUT2D eigenvalue weighted by molar-refractivity contribution is 5.72. The number of rotatable bonds is 4. The van der Waals surface area contributed by atoms with Gasteiger partial charge in [0.2, 0.25) is 0 Å². The van der Waals surface area contributed by atoms with Crippen molar-refractivity contribution in [3.05, 3.63) is 17.5 Å². The minimum atomic E-state index is 0.323. The van der Waals surface area contributed by atoms with Crippen LogP contribution >= 0.6 is 0 Å². The maximum Gasteiger partial charge on any atom is 0.180 e. The molecule has 1 aliphatic rings. The third kappa shape index (κ3) is 3.06. The van der Waals surface area contributed by atoms with E-state index in [9.17, 15) is 0 Å². The molecule has 0 radical (unpaired) electrons. The SMILES string of the molecule is COC(=N)CCc1cn[nH]c1C1CCOCC1. The standard InChI is InChI=1S/C12H19N3O2/c1-16-11(13)3-2-10-8-14-15-12(10)9-4-6-17-7-5-9/h8-9,13H,2-7H2,1H3,(H,14,15). The molecule has 17 heavy (non-hydrogen) atoms. The van der Waals surface area contributed by atoms with Crippen molar-refractivity contribution in [2.75, 3.05) is 20.3 Å². The minimum absolute atomic E-state index is 0.323. The van der Waals surface area contributed by atoms with Crippen molar-refractivity contribution in [3.8, 4) is 0 Å². The molecule has 0 spiro atoms. The Morgan fingerprint density at radius 2 is 2.35 bits per heavy atom. The average Bonchev–Trinajstić information content (AvgIpc) is 2.85. The van der Waals surface area contributed by atoms with Crippen LogP contribution in [0.25, 0.3) is 0 Å². The second-order valence-electron chi connectivity index (χ2n) is 4.32. The quantitative estimate of drug-likeness (QED) is 0.620. The van der Waals surface area contributed by atoms with Gasteiger partial charge in [-0.05, 0) is 24.8 Å². The molecule has 0 bridgehead atoms. The Bertz CT molecular complexity index is 370. The van der Waals surface area contributed by atoms with E-state index in [1.807, 2.05) is 6.20 Å². The van der Waals surface area contributed by atoms with Crippen LogP contribution in [0.1, 0.15) is 36.4 Å². The van der Waals surface area contributed by atoms with Gasteiger partial charge in [0, 0.05) is 31.2 Å². The number of methoxy groups -OCH3 is 1. The summed E-state index contributed by atoms with van der Waals surface area (Å²) in [7, 11) is 1.54. The third-order valence-corrected chi connectivity index (χ3v) is 3.25. The molecule has 2 rings (SSSR count). The maximum absolute atomic E-state index is 7.48. The van der Waals surface area contributed by atoms with Gasteiger partial charge in [0.15, 0.2) is 5.90 Å². The summed E-state index contributed by atoms with van der Waals surface area (Å²) in [5.74, 6) is 0.849. The molecule has 0 aromatic carbocycles. The average molecular weight is 237 g/mol. The van der Waals surface area contributed by atoms with Gasteiger partial charge in [-0.2, -0.15) is 5.10 Å². The number of hydrogen-bond acceptors (Lipinski definition) is 4. The first-order valence-corrected chi connectivity index (χ1v) is 6.02. The van der Waals surface area contributed by atoms with Gasteiger partial charge in [-0.25, -0.2) is 0 Å². The molecule has 0 amide bonds. The Hall–Kier alpha value is -1.36. The van der Waals surface area contributed by atoms with Crippen molar-refractivity contribution in [1.29, 1.82) is 5.41 Å². The zero-order valence-corrected chi connectivity index (χ0v) is 10.2. The summed E-state index contributed by atoms with van der Waals surface area (Å²) in [5.41, 5.74) is 2.43. The van der Waals surface area contributed by atoms with Crippen LogP contribution in [-0.4, -0.2) is 36.4 Å². The summed E-state index contributed by atoms with van der Waals surface area (Å²) in [6, 6.07) is 0. The van der Waals surface area contributed by atoms with E-state index in [2.05, 4.69) is 10.2 Å². The van der Waals surface area contributed by atoms with Crippen molar-refractivity contribution in [2.45, 2.75) is 31.6 Å². The highest BCUT2D eigenvalue weighted by Crippen LogP contribution is 2.28. The summed E-state index contributed by atoms with van der Waals surface area (Å²) < 4.78 is 10.2. The van der Waals surface area contributed by atoms with E-state index >= 15 is 0 Å². The molecule has 94 valence electrons. The smallest absolute Gasteiger partial charge is 0.180 e. The van der Waals surface area contributed by atoms with Crippen LogP contribution in [0.5, 0.6) is 0 Å². The monoisotopic (exact) mass is 237 g/mol. The maximum atomic E-state index is 7.48. The Morgan fingerprint density at radius 1 is 1.59 bits per heavy atom.